The average Bonchev–Trinajstić information content (AvgIpc) is 3.05. The lowest BCUT2D eigenvalue weighted by Gasteiger charge is -2.05. The molecule has 0 aliphatic heterocycles. The van der Waals surface area contributed by atoms with Gasteiger partial charge in [-0.2, -0.15) is 0 Å². The van der Waals surface area contributed by atoms with Gasteiger partial charge in [0.2, 0.25) is 0 Å². The van der Waals surface area contributed by atoms with Crippen LogP contribution in [0.25, 0.3) is 11.0 Å². The molecule has 2 atom stereocenters. The Hall–Kier alpha value is -2.29. The van der Waals surface area contributed by atoms with Crippen LogP contribution in [0.4, 0.5) is 5.82 Å². The van der Waals surface area contributed by atoms with Crippen LogP contribution in [0.5, 0.6) is 0 Å². The van der Waals surface area contributed by atoms with Gasteiger partial charge < -0.3 is 9.73 Å². The molecule has 0 spiro atoms. The summed E-state index contributed by atoms with van der Waals surface area (Å²) in [5.74, 6) is 1.53. The van der Waals surface area contributed by atoms with Gasteiger partial charge in [-0.3, -0.25) is 0 Å². The van der Waals surface area contributed by atoms with E-state index >= 15 is 0 Å². The van der Waals surface area contributed by atoms with Gasteiger partial charge in [-0.05, 0) is 24.1 Å². The van der Waals surface area contributed by atoms with E-state index in [0.29, 0.717) is 12.0 Å². The zero-order valence-electron chi connectivity index (χ0n) is 10.4. The highest BCUT2D eigenvalue weighted by Gasteiger charge is 2.38. The van der Waals surface area contributed by atoms with Crippen molar-refractivity contribution in [3.8, 4) is 0 Å². The van der Waals surface area contributed by atoms with Crippen LogP contribution in [0, 0.1) is 0 Å². The molecule has 1 fully saturated rings. The molecule has 19 heavy (non-hydrogen) atoms. The summed E-state index contributed by atoms with van der Waals surface area (Å²) in [6.07, 6.45) is 4.66. The van der Waals surface area contributed by atoms with Crippen LogP contribution in [0.3, 0.4) is 0 Å². The molecule has 4 rings (SSSR count). The Morgan fingerprint density at radius 1 is 1.11 bits per heavy atom. The topological polar surface area (TPSA) is 38.1 Å². The number of aromatic nitrogens is 1. The van der Waals surface area contributed by atoms with Gasteiger partial charge in [0, 0.05) is 18.2 Å². The Bertz CT molecular complexity index is 705. The molecule has 3 aromatic rings. The molecule has 2 unspecified atom stereocenters. The number of pyridine rings is 1. The lowest BCUT2D eigenvalue weighted by Crippen LogP contribution is -2.05. The summed E-state index contributed by atoms with van der Waals surface area (Å²) in [6, 6.07) is 15.0. The van der Waals surface area contributed by atoms with E-state index in [4.69, 9.17) is 4.42 Å². The highest BCUT2D eigenvalue weighted by molar-refractivity contribution is 5.88. The van der Waals surface area contributed by atoms with Crippen molar-refractivity contribution in [2.75, 3.05) is 5.32 Å². The van der Waals surface area contributed by atoms with Crippen molar-refractivity contribution in [2.24, 2.45) is 0 Å². The predicted molar refractivity (Wildman–Crippen MR) is 75.2 cm³/mol. The van der Waals surface area contributed by atoms with Gasteiger partial charge in [-0.15, -0.1) is 0 Å². The minimum Gasteiger partial charge on any atom is -0.464 e. The van der Waals surface area contributed by atoms with Crippen LogP contribution in [-0.2, 0) is 0 Å². The third-order valence-corrected chi connectivity index (χ3v) is 3.72. The van der Waals surface area contributed by atoms with Gasteiger partial charge in [0.1, 0.15) is 11.4 Å². The minimum atomic E-state index is 0.482. The monoisotopic (exact) mass is 250 g/mol. The molecule has 0 saturated heterocycles. The Morgan fingerprint density at radius 2 is 2.00 bits per heavy atom. The number of fused-ring (bicyclic) bond motifs is 1. The first-order valence-corrected chi connectivity index (χ1v) is 6.55. The molecule has 1 aliphatic carbocycles. The molecule has 0 radical (unpaired) electrons. The van der Waals surface area contributed by atoms with Gasteiger partial charge in [-0.25, -0.2) is 4.98 Å². The van der Waals surface area contributed by atoms with Crippen molar-refractivity contribution in [1.82, 2.24) is 4.98 Å². The highest BCUT2D eigenvalue weighted by Crippen LogP contribution is 2.43. The summed E-state index contributed by atoms with van der Waals surface area (Å²) in [6.45, 7) is 0. The molecule has 94 valence electrons. The van der Waals surface area contributed by atoms with Crippen LogP contribution in [0.15, 0.2) is 59.3 Å². The average molecular weight is 250 g/mol. The van der Waals surface area contributed by atoms with E-state index in [0.717, 1.165) is 16.8 Å². The van der Waals surface area contributed by atoms with Crippen LogP contribution in [0.1, 0.15) is 17.9 Å². The summed E-state index contributed by atoms with van der Waals surface area (Å²) in [5.41, 5.74) is 2.29. The SMILES string of the molecule is c1ccc(C2CC2Nc2nccc3occc23)cc1. The first-order valence-electron chi connectivity index (χ1n) is 6.55. The molecule has 3 nitrogen and oxygen atoms in total. The number of anilines is 1. The lowest BCUT2D eigenvalue weighted by atomic mass is 10.1. The summed E-state index contributed by atoms with van der Waals surface area (Å²) in [5, 5.41) is 4.58. The van der Waals surface area contributed by atoms with Crippen molar-refractivity contribution in [3.05, 3.63) is 60.5 Å². The van der Waals surface area contributed by atoms with Gasteiger partial charge in [-0.1, -0.05) is 30.3 Å². The van der Waals surface area contributed by atoms with Crippen molar-refractivity contribution in [2.45, 2.75) is 18.4 Å². The molecule has 2 heterocycles. The van der Waals surface area contributed by atoms with E-state index in [-0.39, 0.29) is 0 Å². The zero-order valence-corrected chi connectivity index (χ0v) is 10.4. The van der Waals surface area contributed by atoms with E-state index in [9.17, 15) is 0 Å². The minimum absolute atomic E-state index is 0.482. The number of benzene rings is 1. The van der Waals surface area contributed by atoms with Crippen LogP contribution < -0.4 is 5.32 Å². The molecular weight excluding hydrogens is 236 g/mol. The molecule has 3 heteroatoms. The van der Waals surface area contributed by atoms with E-state index in [2.05, 4.69) is 40.6 Å². The van der Waals surface area contributed by atoms with Crippen LogP contribution in [-0.4, -0.2) is 11.0 Å². The summed E-state index contributed by atoms with van der Waals surface area (Å²) in [4.78, 5) is 4.42. The number of hydrogen-bond donors (Lipinski definition) is 1. The van der Waals surface area contributed by atoms with Gasteiger partial charge >= 0.3 is 0 Å². The normalized spacial score (nSPS) is 21.5. The lowest BCUT2D eigenvalue weighted by molar-refractivity contribution is 0.615. The fraction of sp³-hybridized carbons (Fsp3) is 0.188. The quantitative estimate of drug-likeness (QED) is 0.768. The number of hydrogen-bond acceptors (Lipinski definition) is 3. The van der Waals surface area contributed by atoms with Gasteiger partial charge in [0.15, 0.2) is 0 Å². The molecule has 2 aromatic heterocycles. The summed E-state index contributed by atoms with van der Waals surface area (Å²) in [7, 11) is 0. The van der Waals surface area contributed by atoms with Crippen LogP contribution >= 0.6 is 0 Å². The van der Waals surface area contributed by atoms with E-state index < -0.39 is 0 Å². The maximum Gasteiger partial charge on any atom is 0.139 e. The Balaban J connectivity index is 1.56. The van der Waals surface area contributed by atoms with Crippen molar-refractivity contribution < 1.29 is 4.42 Å². The Morgan fingerprint density at radius 3 is 2.89 bits per heavy atom. The fourth-order valence-corrected chi connectivity index (χ4v) is 2.61. The first kappa shape index (κ1) is 10.6. The third kappa shape index (κ3) is 1.87. The van der Waals surface area contributed by atoms with E-state index in [1.165, 1.54) is 12.0 Å². The standard InChI is InChI=1S/C16H14N2O/c1-2-4-11(5-3-1)13-10-14(13)18-16-12-7-9-19-15(12)6-8-17-16/h1-9,13-14H,10H2,(H,17,18). The Kier molecular flexibility index (Phi) is 2.30. The van der Waals surface area contributed by atoms with Crippen molar-refractivity contribution in [3.63, 3.8) is 0 Å². The number of rotatable bonds is 3. The largest absolute Gasteiger partial charge is 0.464 e. The third-order valence-electron chi connectivity index (χ3n) is 3.72. The number of nitrogens with one attached hydrogen (secondary N) is 1. The van der Waals surface area contributed by atoms with E-state index in [1.54, 1.807) is 12.5 Å². The second-order valence-corrected chi connectivity index (χ2v) is 5.00. The second kappa shape index (κ2) is 4.12. The maximum absolute atomic E-state index is 5.39. The molecular formula is C16H14N2O. The molecule has 1 aromatic carbocycles. The summed E-state index contributed by atoms with van der Waals surface area (Å²) >= 11 is 0. The Labute approximate surface area is 111 Å². The fourth-order valence-electron chi connectivity index (χ4n) is 2.61. The zero-order chi connectivity index (χ0) is 12.7. The molecule has 1 N–H and O–H groups in total. The molecule has 0 bridgehead atoms. The first-order chi connectivity index (χ1) is 9.42. The molecule has 1 aliphatic rings. The predicted octanol–water partition coefficient (Wildman–Crippen LogP) is 3.80. The summed E-state index contributed by atoms with van der Waals surface area (Å²) < 4.78 is 5.39. The van der Waals surface area contributed by atoms with Gasteiger partial charge in [0.25, 0.3) is 0 Å². The molecule has 0 amide bonds. The van der Waals surface area contributed by atoms with Gasteiger partial charge in [0.05, 0.1) is 11.6 Å². The van der Waals surface area contributed by atoms with E-state index in [1.807, 2.05) is 12.1 Å². The van der Waals surface area contributed by atoms with Crippen LogP contribution in [0.2, 0.25) is 0 Å². The highest BCUT2D eigenvalue weighted by atomic mass is 16.3. The maximum atomic E-state index is 5.39. The number of nitrogens with zero attached hydrogens (tertiary/aromatic N) is 1. The smallest absolute Gasteiger partial charge is 0.139 e. The molecule has 1 saturated carbocycles. The second-order valence-electron chi connectivity index (χ2n) is 5.00. The number of furan rings is 1. The van der Waals surface area contributed by atoms with Crippen molar-refractivity contribution >= 4 is 16.8 Å². The van der Waals surface area contributed by atoms with Crippen molar-refractivity contribution in [1.29, 1.82) is 0 Å².